The Morgan fingerprint density at radius 1 is 1.45 bits per heavy atom. The second-order valence-electron chi connectivity index (χ2n) is 5.86. The van der Waals surface area contributed by atoms with Crippen molar-refractivity contribution in [1.82, 2.24) is 5.32 Å². The van der Waals surface area contributed by atoms with E-state index in [1.165, 1.54) is 4.88 Å². The lowest BCUT2D eigenvalue weighted by Crippen LogP contribution is -2.31. The van der Waals surface area contributed by atoms with Crippen molar-refractivity contribution in [2.75, 3.05) is 6.54 Å². The maximum atomic E-state index is 12.2. The van der Waals surface area contributed by atoms with Crippen molar-refractivity contribution in [2.45, 2.75) is 52.5 Å². The first-order chi connectivity index (χ1) is 9.56. The molecule has 1 heterocycles. The van der Waals surface area contributed by atoms with Gasteiger partial charge < -0.3 is 11.1 Å². The average molecular weight is 296 g/mol. The van der Waals surface area contributed by atoms with Gasteiger partial charge in [-0.25, -0.2) is 0 Å². The fourth-order valence-electron chi connectivity index (χ4n) is 2.51. The third kappa shape index (κ3) is 6.06. The largest absolute Gasteiger partial charge is 0.348 e. The van der Waals surface area contributed by atoms with Gasteiger partial charge in [-0.2, -0.15) is 0 Å². The van der Waals surface area contributed by atoms with Gasteiger partial charge in [0.25, 0.3) is 0 Å². The molecule has 1 unspecified atom stereocenters. The van der Waals surface area contributed by atoms with Crippen molar-refractivity contribution in [2.24, 2.45) is 17.6 Å². The molecule has 3 N–H and O–H groups in total. The molecule has 20 heavy (non-hydrogen) atoms. The Bertz CT molecular complexity index is 376. The summed E-state index contributed by atoms with van der Waals surface area (Å²) in [5.41, 5.74) is 5.78. The van der Waals surface area contributed by atoms with Crippen molar-refractivity contribution in [3.05, 3.63) is 22.4 Å². The normalized spacial score (nSPS) is 14.2. The molecule has 0 aliphatic carbocycles. The Hall–Kier alpha value is -0.870. The summed E-state index contributed by atoms with van der Waals surface area (Å²) in [6, 6.07) is 4.29. The van der Waals surface area contributed by atoms with Crippen LogP contribution in [-0.2, 0) is 4.79 Å². The van der Waals surface area contributed by atoms with Crippen molar-refractivity contribution < 1.29 is 4.79 Å². The van der Waals surface area contributed by atoms with Crippen LogP contribution in [-0.4, -0.2) is 12.5 Å². The van der Waals surface area contributed by atoms with Gasteiger partial charge in [0.2, 0.25) is 5.91 Å². The SMILES string of the molecule is CCCC(NC(=O)C[C@@H](CN)CC(C)C)c1cccs1. The molecule has 0 saturated carbocycles. The predicted molar refractivity (Wildman–Crippen MR) is 86.7 cm³/mol. The van der Waals surface area contributed by atoms with Crippen LogP contribution < -0.4 is 11.1 Å². The fourth-order valence-corrected chi connectivity index (χ4v) is 3.32. The lowest BCUT2D eigenvalue weighted by Gasteiger charge is -2.20. The zero-order valence-corrected chi connectivity index (χ0v) is 13.7. The molecule has 2 atom stereocenters. The van der Waals surface area contributed by atoms with Crippen LogP contribution in [0.4, 0.5) is 0 Å². The zero-order chi connectivity index (χ0) is 15.0. The minimum absolute atomic E-state index is 0.132. The molecule has 114 valence electrons. The molecule has 0 radical (unpaired) electrons. The number of amides is 1. The third-order valence-corrected chi connectivity index (χ3v) is 4.40. The van der Waals surface area contributed by atoms with E-state index in [0.29, 0.717) is 24.8 Å². The van der Waals surface area contributed by atoms with E-state index in [-0.39, 0.29) is 11.9 Å². The van der Waals surface area contributed by atoms with Crippen LogP contribution in [0, 0.1) is 11.8 Å². The number of hydrogen-bond acceptors (Lipinski definition) is 3. The van der Waals surface area contributed by atoms with E-state index in [1.54, 1.807) is 11.3 Å². The molecule has 4 heteroatoms. The van der Waals surface area contributed by atoms with Crippen LogP contribution >= 0.6 is 11.3 Å². The monoisotopic (exact) mass is 296 g/mol. The highest BCUT2D eigenvalue weighted by Crippen LogP contribution is 2.24. The summed E-state index contributed by atoms with van der Waals surface area (Å²) in [5, 5.41) is 5.24. The van der Waals surface area contributed by atoms with Crippen LogP contribution in [0.2, 0.25) is 0 Å². The molecule has 0 spiro atoms. The van der Waals surface area contributed by atoms with E-state index in [1.807, 2.05) is 6.07 Å². The number of nitrogens with two attached hydrogens (primary N) is 1. The summed E-state index contributed by atoms with van der Waals surface area (Å²) in [7, 11) is 0. The minimum Gasteiger partial charge on any atom is -0.348 e. The van der Waals surface area contributed by atoms with Crippen LogP contribution in [0.5, 0.6) is 0 Å². The average Bonchev–Trinajstić information content (AvgIpc) is 2.90. The molecule has 0 aromatic carbocycles. The van der Waals surface area contributed by atoms with E-state index in [9.17, 15) is 4.79 Å². The van der Waals surface area contributed by atoms with Gasteiger partial charge in [-0.05, 0) is 42.7 Å². The van der Waals surface area contributed by atoms with Crippen molar-refractivity contribution in [3.63, 3.8) is 0 Å². The lowest BCUT2D eigenvalue weighted by atomic mass is 9.94. The Morgan fingerprint density at radius 3 is 2.70 bits per heavy atom. The number of carbonyl (C=O) groups excluding carboxylic acids is 1. The van der Waals surface area contributed by atoms with Gasteiger partial charge in [-0.15, -0.1) is 11.3 Å². The van der Waals surface area contributed by atoms with Crippen LogP contribution in [0.15, 0.2) is 17.5 Å². The molecular formula is C16H28N2OS. The Morgan fingerprint density at radius 2 is 2.20 bits per heavy atom. The van der Waals surface area contributed by atoms with E-state index >= 15 is 0 Å². The highest BCUT2D eigenvalue weighted by Gasteiger charge is 2.18. The van der Waals surface area contributed by atoms with E-state index in [4.69, 9.17) is 5.73 Å². The standard InChI is InChI=1S/C16H28N2OS/c1-4-6-14(15-7-5-8-20-15)18-16(19)10-13(11-17)9-12(2)3/h5,7-8,12-14H,4,6,9-11,17H2,1-3H3,(H,18,19)/t13-,14?/m0/s1. The predicted octanol–water partition coefficient (Wildman–Crippen LogP) is 3.72. The van der Waals surface area contributed by atoms with Crippen LogP contribution in [0.3, 0.4) is 0 Å². The number of carbonyl (C=O) groups is 1. The first kappa shape index (κ1) is 17.2. The number of rotatable bonds is 9. The van der Waals surface area contributed by atoms with Gasteiger partial charge in [-0.1, -0.05) is 33.3 Å². The molecule has 1 aromatic rings. The molecule has 0 aliphatic rings. The molecule has 3 nitrogen and oxygen atoms in total. The fraction of sp³-hybridized carbons (Fsp3) is 0.688. The molecule has 0 saturated heterocycles. The second kappa shape index (κ2) is 9.14. The molecular weight excluding hydrogens is 268 g/mol. The summed E-state index contributed by atoms with van der Waals surface area (Å²) < 4.78 is 0. The second-order valence-corrected chi connectivity index (χ2v) is 6.84. The smallest absolute Gasteiger partial charge is 0.220 e. The maximum absolute atomic E-state index is 12.2. The number of thiophene rings is 1. The first-order valence-electron chi connectivity index (χ1n) is 7.59. The third-order valence-electron chi connectivity index (χ3n) is 3.41. The molecule has 0 fully saturated rings. The van der Waals surface area contributed by atoms with Gasteiger partial charge in [-0.3, -0.25) is 4.79 Å². The molecule has 1 amide bonds. The topological polar surface area (TPSA) is 55.1 Å². The summed E-state index contributed by atoms with van der Waals surface area (Å²) in [6.07, 6.45) is 3.61. The van der Waals surface area contributed by atoms with Crippen LogP contribution in [0.1, 0.15) is 57.4 Å². The van der Waals surface area contributed by atoms with Crippen molar-refractivity contribution in [3.8, 4) is 0 Å². The van der Waals surface area contributed by atoms with Gasteiger partial charge in [0.05, 0.1) is 6.04 Å². The lowest BCUT2D eigenvalue weighted by molar-refractivity contribution is -0.122. The summed E-state index contributed by atoms with van der Waals surface area (Å²) >= 11 is 1.71. The molecule has 0 aliphatic heterocycles. The van der Waals surface area contributed by atoms with Gasteiger partial charge in [0.15, 0.2) is 0 Å². The quantitative estimate of drug-likeness (QED) is 0.729. The van der Waals surface area contributed by atoms with E-state index < -0.39 is 0 Å². The zero-order valence-electron chi connectivity index (χ0n) is 12.9. The highest BCUT2D eigenvalue weighted by molar-refractivity contribution is 7.10. The summed E-state index contributed by atoms with van der Waals surface area (Å²) in [5.74, 6) is 1.01. The van der Waals surface area contributed by atoms with Crippen LogP contribution in [0.25, 0.3) is 0 Å². The number of hydrogen-bond donors (Lipinski definition) is 2. The van der Waals surface area contributed by atoms with E-state index in [2.05, 4.69) is 37.5 Å². The number of nitrogens with one attached hydrogen (secondary N) is 1. The van der Waals surface area contributed by atoms with Gasteiger partial charge in [0, 0.05) is 11.3 Å². The maximum Gasteiger partial charge on any atom is 0.220 e. The molecule has 1 aromatic heterocycles. The van der Waals surface area contributed by atoms with Gasteiger partial charge in [0.1, 0.15) is 0 Å². The Labute approximate surface area is 127 Å². The summed E-state index contributed by atoms with van der Waals surface area (Å²) in [4.78, 5) is 13.5. The van der Waals surface area contributed by atoms with E-state index in [0.717, 1.165) is 19.3 Å². The Kier molecular flexibility index (Phi) is 7.85. The highest BCUT2D eigenvalue weighted by atomic mass is 32.1. The minimum atomic E-state index is 0.132. The van der Waals surface area contributed by atoms with Crippen molar-refractivity contribution in [1.29, 1.82) is 0 Å². The van der Waals surface area contributed by atoms with Crippen molar-refractivity contribution >= 4 is 17.2 Å². The molecule has 1 rings (SSSR count). The summed E-state index contributed by atoms with van der Waals surface area (Å²) in [6.45, 7) is 7.08. The molecule has 0 bridgehead atoms. The first-order valence-corrected chi connectivity index (χ1v) is 8.47. The van der Waals surface area contributed by atoms with Gasteiger partial charge >= 0.3 is 0 Å². The Balaban J connectivity index is 2.53.